The Bertz CT molecular complexity index is 378. The van der Waals surface area contributed by atoms with Crippen LogP contribution in [0.3, 0.4) is 0 Å². The summed E-state index contributed by atoms with van der Waals surface area (Å²) in [6, 6.07) is 11.8. The van der Waals surface area contributed by atoms with Crippen LogP contribution in [0.15, 0.2) is 40.9 Å². The van der Waals surface area contributed by atoms with E-state index < -0.39 is 0 Å². The van der Waals surface area contributed by atoms with Gasteiger partial charge in [0.1, 0.15) is 0 Å². The fraction of sp³-hybridized carbons (Fsp3) is 0.0909. The number of nitrogens with zero attached hydrogens (tertiary/aromatic N) is 1. The van der Waals surface area contributed by atoms with Crippen molar-refractivity contribution >= 4 is 0 Å². The minimum atomic E-state index is 0.663. The first-order valence-corrected chi connectivity index (χ1v) is 4.20. The topological polar surface area (TPSA) is 26.0 Å². The van der Waals surface area contributed by atoms with Crippen LogP contribution in [0.25, 0.3) is 11.3 Å². The highest BCUT2D eigenvalue weighted by molar-refractivity contribution is 5.56. The Morgan fingerprint density at radius 1 is 1.23 bits per heavy atom. The molecule has 1 aromatic carbocycles. The Hall–Kier alpha value is -1.57. The van der Waals surface area contributed by atoms with Gasteiger partial charge in [-0.25, -0.2) is 0 Å². The molecule has 0 N–H and O–H groups in total. The Labute approximate surface area is 77.2 Å². The SMILES string of the molecule is [CH2]Cc1cc(-c2ccccc2)on1. The van der Waals surface area contributed by atoms with E-state index in [4.69, 9.17) is 4.52 Å². The van der Waals surface area contributed by atoms with E-state index in [1.807, 2.05) is 36.4 Å². The van der Waals surface area contributed by atoms with Gasteiger partial charge >= 0.3 is 0 Å². The van der Waals surface area contributed by atoms with Crippen molar-refractivity contribution in [2.24, 2.45) is 0 Å². The summed E-state index contributed by atoms with van der Waals surface area (Å²) in [5.74, 6) is 0.805. The largest absolute Gasteiger partial charge is 0.356 e. The Morgan fingerprint density at radius 3 is 2.62 bits per heavy atom. The van der Waals surface area contributed by atoms with Crippen LogP contribution in [-0.2, 0) is 6.42 Å². The van der Waals surface area contributed by atoms with Crippen molar-refractivity contribution in [1.82, 2.24) is 5.16 Å². The lowest BCUT2D eigenvalue weighted by Crippen LogP contribution is -1.74. The molecule has 1 radical (unpaired) electrons. The molecule has 0 bridgehead atoms. The van der Waals surface area contributed by atoms with Gasteiger partial charge in [0, 0.05) is 11.6 Å². The van der Waals surface area contributed by atoms with Gasteiger partial charge in [0.15, 0.2) is 5.76 Å². The lowest BCUT2D eigenvalue weighted by Gasteiger charge is -1.91. The van der Waals surface area contributed by atoms with Crippen LogP contribution in [-0.4, -0.2) is 5.16 Å². The van der Waals surface area contributed by atoms with Gasteiger partial charge < -0.3 is 4.52 Å². The van der Waals surface area contributed by atoms with Crippen molar-refractivity contribution in [1.29, 1.82) is 0 Å². The van der Waals surface area contributed by atoms with Crippen molar-refractivity contribution in [2.45, 2.75) is 6.42 Å². The van der Waals surface area contributed by atoms with Gasteiger partial charge in [-0.05, 0) is 13.3 Å². The zero-order chi connectivity index (χ0) is 9.10. The summed E-state index contributed by atoms with van der Waals surface area (Å²) in [6.07, 6.45) is 0.663. The molecule has 0 fully saturated rings. The molecule has 0 unspecified atom stereocenters. The van der Waals surface area contributed by atoms with Gasteiger partial charge in [-0.3, -0.25) is 0 Å². The van der Waals surface area contributed by atoms with Crippen LogP contribution in [0.5, 0.6) is 0 Å². The number of rotatable bonds is 2. The second kappa shape index (κ2) is 3.44. The molecule has 0 saturated carbocycles. The molecule has 0 atom stereocenters. The Balaban J connectivity index is 2.36. The molecule has 2 rings (SSSR count). The van der Waals surface area contributed by atoms with E-state index >= 15 is 0 Å². The first-order valence-electron chi connectivity index (χ1n) is 4.20. The van der Waals surface area contributed by atoms with E-state index in [9.17, 15) is 0 Å². The minimum absolute atomic E-state index is 0.663. The summed E-state index contributed by atoms with van der Waals surface area (Å²) >= 11 is 0. The highest BCUT2D eigenvalue weighted by Gasteiger charge is 2.03. The van der Waals surface area contributed by atoms with Crippen LogP contribution in [0.1, 0.15) is 5.69 Å². The molecule has 0 aliphatic rings. The van der Waals surface area contributed by atoms with Crippen molar-refractivity contribution in [3.63, 3.8) is 0 Å². The smallest absolute Gasteiger partial charge is 0.167 e. The maximum Gasteiger partial charge on any atom is 0.167 e. The Morgan fingerprint density at radius 2 is 2.00 bits per heavy atom. The summed E-state index contributed by atoms with van der Waals surface area (Å²) in [4.78, 5) is 0. The lowest BCUT2D eigenvalue weighted by atomic mass is 10.1. The molecule has 2 aromatic rings. The summed E-state index contributed by atoms with van der Waals surface area (Å²) in [6.45, 7) is 3.74. The van der Waals surface area contributed by atoms with Crippen molar-refractivity contribution in [3.05, 3.63) is 49.0 Å². The van der Waals surface area contributed by atoms with Gasteiger partial charge in [0.05, 0.1) is 5.69 Å². The molecule has 1 aromatic heterocycles. The monoisotopic (exact) mass is 172 g/mol. The molecule has 65 valence electrons. The molecule has 0 spiro atoms. The molecule has 2 nitrogen and oxygen atoms in total. The number of benzene rings is 1. The van der Waals surface area contributed by atoms with Crippen LogP contribution in [0.2, 0.25) is 0 Å². The second-order valence-electron chi connectivity index (χ2n) is 2.80. The maximum absolute atomic E-state index is 5.15. The lowest BCUT2D eigenvalue weighted by molar-refractivity contribution is 0.425. The normalized spacial score (nSPS) is 10.2. The third kappa shape index (κ3) is 1.61. The predicted octanol–water partition coefficient (Wildman–Crippen LogP) is 2.72. The average Bonchev–Trinajstić information content (AvgIpc) is 2.67. The molecule has 0 amide bonds. The molecule has 13 heavy (non-hydrogen) atoms. The van der Waals surface area contributed by atoms with Crippen molar-refractivity contribution in [2.75, 3.05) is 0 Å². The van der Waals surface area contributed by atoms with Crippen molar-refractivity contribution < 1.29 is 4.52 Å². The molecule has 0 aliphatic carbocycles. The molecule has 1 heterocycles. The summed E-state index contributed by atoms with van der Waals surface area (Å²) < 4.78 is 5.15. The number of hydrogen-bond donors (Lipinski definition) is 0. The molecular formula is C11H10NO. The zero-order valence-corrected chi connectivity index (χ0v) is 7.23. The van der Waals surface area contributed by atoms with Gasteiger partial charge in [0.25, 0.3) is 0 Å². The van der Waals surface area contributed by atoms with Crippen LogP contribution >= 0.6 is 0 Å². The fourth-order valence-electron chi connectivity index (χ4n) is 1.17. The first-order chi connectivity index (χ1) is 6.40. The fourth-order valence-corrected chi connectivity index (χ4v) is 1.17. The predicted molar refractivity (Wildman–Crippen MR) is 51.0 cm³/mol. The zero-order valence-electron chi connectivity index (χ0n) is 7.23. The summed E-state index contributed by atoms with van der Waals surface area (Å²) in [7, 11) is 0. The van der Waals surface area contributed by atoms with E-state index in [0.717, 1.165) is 17.0 Å². The molecule has 0 saturated heterocycles. The second-order valence-corrected chi connectivity index (χ2v) is 2.80. The van der Waals surface area contributed by atoms with Crippen LogP contribution in [0, 0.1) is 6.92 Å². The standard InChI is InChI=1S/C11H10NO/c1-2-10-8-11(13-12-10)9-6-4-3-5-7-9/h3-8H,1-2H2. The van der Waals surface area contributed by atoms with Crippen LogP contribution < -0.4 is 0 Å². The van der Waals surface area contributed by atoms with Gasteiger partial charge in [-0.1, -0.05) is 35.5 Å². The highest BCUT2D eigenvalue weighted by Crippen LogP contribution is 2.19. The van der Waals surface area contributed by atoms with E-state index in [-0.39, 0.29) is 0 Å². The number of aromatic nitrogens is 1. The molecule has 2 heteroatoms. The van der Waals surface area contributed by atoms with E-state index in [2.05, 4.69) is 12.1 Å². The maximum atomic E-state index is 5.15. The summed E-state index contributed by atoms with van der Waals surface area (Å²) in [5, 5.41) is 3.87. The Kier molecular flexibility index (Phi) is 2.13. The van der Waals surface area contributed by atoms with Crippen LogP contribution in [0.4, 0.5) is 0 Å². The van der Waals surface area contributed by atoms with Crippen molar-refractivity contribution in [3.8, 4) is 11.3 Å². The number of hydrogen-bond acceptors (Lipinski definition) is 2. The minimum Gasteiger partial charge on any atom is -0.356 e. The molecule has 0 aliphatic heterocycles. The third-order valence-corrected chi connectivity index (χ3v) is 1.87. The van der Waals surface area contributed by atoms with Gasteiger partial charge in [-0.2, -0.15) is 0 Å². The molecular weight excluding hydrogens is 162 g/mol. The van der Waals surface area contributed by atoms with E-state index in [1.54, 1.807) is 0 Å². The average molecular weight is 172 g/mol. The quantitative estimate of drug-likeness (QED) is 0.696. The van der Waals surface area contributed by atoms with E-state index in [1.165, 1.54) is 0 Å². The van der Waals surface area contributed by atoms with E-state index in [0.29, 0.717) is 6.42 Å². The third-order valence-electron chi connectivity index (χ3n) is 1.87. The first kappa shape index (κ1) is 8.05. The summed E-state index contributed by atoms with van der Waals surface area (Å²) in [5.41, 5.74) is 1.94. The highest BCUT2D eigenvalue weighted by atomic mass is 16.5. The van der Waals surface area contributed by atoms with Gasteiger partial charge in [-0.15, -0.1) is 0 Å². The van der Waals surface area contributed by atoms with Gasteiger partial charge in [0.2, 0.25) is 0 Å².